The highest BCUT2D eigenvalue weighted by molar-refractivity contribution is 7.98. The van der Waals surface area contributed by atoms with E-state index in [0.29, 0.717) is 12.2 Å². The molecule has 1 aromatic carbocycles. The van der Waals surface area contributed by atoms with Crippen LogP contribution in [-0.4, -0.2) is 35.9 Å². The fourth-order valence-corrected chi connectivity index (χ4v) is 7.70. The fourth-order valence-electron chi connectivity index (χ4n) is 3.98. The summed E-state index contributed by atoms with van der Waals surface area (Å²) in [4.78, 5) is 13.3. The minimum Gasteiger partial charge on any atom is -0.366 e. The first kappa shape index (κ1) is 18.4. The molecule has 0 spiro atoms. The van der Waals surface area contributed by atoms with Crippen molar-refractivity contribution in [3.8, 4) is 0 Å². The van der Waals surface area contributed by atoms with E-state index in [9.17, 15) is 8.42 Å². The highest BCUT2D eigenvalue weighted by Gasteiger charge is 2.30. The number of fused-ring (bicyclic) bond motifs is 3. The van der Waals surface area contributed by atoms with E-state index >= 15 is 0 Å². The maximum Gasteiger partial charge on any atom is 0.152 e. The van der Waals surface area contributed by atoms with Crippen LogP contribution in [0.1, 0.15) is 29.1 Å². The second kappa shape index (κ2) is 7.31. The lowest BCUT2D eigenvalue weighted by Gasteiger charge is -2.14. The lowest BCUT2D eigenvalue weighted by Crippen LogP contribution is -2.22. The van der Waals surface area contributed by atoms with Gasteiger partial charge in [0.1, 0.15) is 16.5 Å². The van der Waals surface area contributed by atoms with Gasteiger partial charge in [0.15, 0.2) is 9.84 Å². The SMILES string of the molecule is O=S1(=O)CCC(Nc2nc(CSc3ccccc3)nc3sc4c(c23)CCC4)C1. The Morgan fingerprint density at radius 1 is 1.18 bits per heavy atom. The topological polar surface area (TPSA) is 72.0 Å². The number of benzene rings is 1. The van der Waals surface area contributed by atoms with Gasteiger partial charge in [-0.25, -0.2) is 18.4 Å². The summed E-state index contributed by atoms with van der Waals surface area (Å²) >= 11 is 3.50. The summed E-state index contributed by atoms with van der Waals surface area (Å²) < 4.78 is 23.8. The van der Waals surface area contributed by atoms with Crippen molar-refractivity contribution in [3.63, 3.8) is 0 Å². The number of nitrogens with zero attached hydrogens (tertiary/aromatic N) is 2. The molecule has 1 unspecified atom stereocenters. The summed E-state index contributed by atoms with van der Waals surface area (Å²) in [6.07, 6.45) is 4.00. The molecular formula is C20H21N3O2S3. The first-order chi connectivity index (χ1) is 13.6. The molecule has 1 atom stereocenters. The van der Waals surface area contributed by atoms with Crippen molar-refractivity contribution in [2.24, 2.45) is 0 Å². The van der Waals surface area contributed by atoms with Crippen LogP contribution >= 0.6 is 23.1 Å². The third kappa shape index (κ3) is 3.65. The van der Waals surface area contributed by atoms with E-state index in [1.807, 2.05) is 18.2 Å². The first-order valence-corrected chi connectivity index (χ1v) is 13.2. The Hall–Kier alpha value is -1.64. The molecule has 0 amide bonds. The van der Waals surface area contributed by atoms with Crippen LogP contribution in [0.5, 0.6) is 0 Å². The van der Waals surface area contributed by atoms with Gasteiger partial charge in [0, 0.05) is 15.8 Å². The van der Waals surface area contributed by atoms with Gasteiger partial charge in [-0.3, -0.25) is 0 Å². The number of rotatable bonds is 5. The molecule has 1 N–H and O–H groups in total. The zero-order valence-electron chi connectivity index (χ0n) is 15.3. The van der Waals surface area contributed by atoms with E-state index in [1.54, 1.807) is 23.1 Å². The fraction of sp³-hybridized carbons (Fsp3) is 0.400. The van der Waals surface area contributed by atoms with Crippen LogP contribution in [0.2, 0.25) is 0 Å². The van der Waals surface area contributed by atoms with Gasteiger partial charge in [-0.05, 0) is 43.4 Å². The average Bonchev–Trinajstić information content (AvgIpc) is 3.35. The molecular weight excluding hydrogens is 410 g/mol. The minimum atomic E-state index is -2.93. The third-order valence-corrected chi connectivity index (χ3v) is 9.26. The van der Waals surface area contributed by atoms with Crippen LogP contribution in [0.4, 0.5) is 5.82 Å². The predicted octanol–water partition coefficient (Wildman–Crippen LogP) is 4.07. The Kier molecular flexibility index (Phi) is 4.80. The molecule has 1 fully saturated rings. The quantitative estimate of drug-likeness (QED) is 0.614. The van der Waals surface area contributed by atoms with Gasteiger partial charge in [0.2, 0.25) is 0 Å². The molecule has 0 radical (unpaired) electrons. The summed E-state index contributed by atoms with van der Waals surface area (Å²) in [5, 5.41) is 4.58. The molecule has 28 heavy (non-hydrogen) atoms. The summed E-state index contributed by atoms with van der Waals surface area (Å²) in [5.41, 5.74) is 1.37. The molecule has 1 aliphatic heterocycles. The molecule has 2 aliphatic rings. The molecule has 146 valence electrons. The second-order valence-corrected chi connectivity index (χ2v) is 11.7. The van der Waals surface area contributed by atoms with Crippen LogP contribution in [-0.2, 0) is 28.4 Å². The Balaban J connectivity index is 1.48. The van der Waals surface area contributed by atoms with Crippen molar-refractivity contribution < 1.29 is 8.42 Å². The summed E-state index contributed by atoms with van der Waals surface area (Å²) in [6, 6.07) is 10.2. The third-order valence-electron chi connectivity index (χ3n) is 5.30. The lowest BCUT2D eigenvalue weighted by molar-refractivity contribution is 0.602. The maximum absolute atomic E-state index is 11.9. The van der Waals surface area contributed by atoms with Crippen LogP contribution in [0.15, 0.2) is 35.2 Å². The predicted molar refractivity (Wildman–Crippen MR) is 116 cm³/mol. The van der Waals surface area contributed by atoms with Crippen molar-refractivity contribution >= 4 is 49.0 Å². The molecule has 0 bridgehead atoms. The zero-order valence-corrected chi connectivity index (χ0v) is 17.8. The monoisotopic (exact) mass is 431 g/mol. The number of hydrogen-bond donors (Lipinski definition) is 1. The molecule has 5 rings (SSSR count). The van der Waals surface area contributed by atoms with Crippen LogP contribution in [0.25, 0.3) is 10.2 Å². The number of aromatic nitrogens is 2. The van der Waals surface area contributed by atoms with Gasteiger partial charge in [-0.2, -0.15) is 0 Å². The van der Waals surface area contributed by atoms with Gasteiger partial charge >= 0.3 is 0 Å². The van der Waals surface area contributed by atoms with Crippen LogP contribution in [0, 0.1) is 0 Å². The van der Waals surface area contributed by atoms with Gasteiger partial charge in [0.25, 0.3) is 0 Å². The van der Waals surface area contributed by atoms with E-state index in [-0.39, 0.29) is 17.5 Å². The van der Waals surface area contributed by atoms with Crippen molar-refractivity contribution in [1.29, 1.82) is 0 Å². The standard InChI is InChI=1S/C20H21N3O2S3/c24-28(25)10-9-13(12-28)21-19-18-15-7-4-8-16(15)27-20(18)23-17(22-19)11-26-14-5-2-1-3-6-14/h1-3,5-6,13H,4,7-12H2,(H,21,22,23). The van der Waals surface area contributed by atoms with Gasteiger partial charge in [-0.15, -0.1) is 23.1 Å². The van der Waals surface area contributed by atoms with Crippen molar-refractivity contribution in [3.05, 3.63) is 46.6 Å². The zero-order chi connectivity index (χ0) is 19.1. The van der Waals surface area contributed by atoms with E-state index in [0.717, 1.165) is 34.7 Å². The van der Waals surface area contributed by atoms with E-state index < -0.39 is 9.84 Å². The number of sulfone groups is 1. The molecule has 1 saturated heterocycles. The normalized spacial score (nSPS) is 20.5. The highest BCUT2D eigenvalue weighted by Crippen LogP contribution is 2.40. The number of thioether (sulfide) groups is 1. The minimum absolute atomic E-state index is 0.0605. The Labute approximate surface area is 172 Å². The van der Waals surface area contributed by atoms with Gasteiger partial charge < -0.3 is 5.32 Å². The Bertz CT molecular complexity index is 1130. The average molecular weight is 432 g/mol. The maximum atomic E-state index is 11.9. The molecule has 3 aromatic rings. The lowest BCUT2D eigenvalue weighted by atomic mass is 10.1. The van der Waals surface area contributed by atoms with Gasteiger partial charge in [-0.1, -0.05) is 18.2 Å². The van der Waals surface area contributed by atoms with Gasteiger partial charge in [0.05, 0.1) is 22.6 Å². The smallest absolute Gasteiger partial charge is 0.152 e. The second-order valence-electron chi connectivity index (χ2n) is 7.37. The van der Waals surface area contributed by atoms with E-state index in [4.69, 9.17) is 9.97 Å². The summed E-state index contributed by atoms with van der Waals surface area (Å²) in [7, 11) is -2.93. The number of hydrogen-bond acceptors (Lipinski definition) is 7. The van der Waals surface area contributed by atoms with E-state index in [2.05, 4.69) is 17.4 Å². The van der Waals surface area contributed by atoms with E-state index in [1.165, 1.54) is 21.8 Å². The molecule has 3 heterocycles. The van der Waals surface area contributed by atoms with Crippen molar-refractivity contribution in [2.45, 2.75) is 42.4 Å². The molecule has 2 aromatic heterocycles. The summed E-state index contributed by atoms with van der Waals surface area (Å²) in [6.45, 7) is 0. The Morgan fingerprint density at radius 3 is 2.82 bits per heavy atom. The van der Waals surface area contributed by atoms with Crippen LogP contribution in [0.3, 0.4) is 0 Å². The number of thiophene rings is 1. The number of aryl methyl sites for hydroxylation is 2. The summed E-state index contributed by atoms with van der Waals surface area (Å²) in [5.74, 6) is 2.77. The highest BCUT2D eigenvalue weighted by atomic mass is 32.2. The van der Waals surface area contributed by atoms with Crippen molar-refractivity contribution in [2.75, 3.05) is 16.8 Å². The molecule has 8 heteroatoms. The Morgan fingerprint density at radius 2 is 2.04 bits per heavy atom. The van der Waals surface area contributed by atoms with Crippen molar-refractivity contribution in [1.82, 2.24) is 9.97 Å². The largest absolute Gasteiger partial charge is 0.366 e. The van der Waals surface area contributed by atoms with Crippen LogP contribution < -0.4 is 5.32 Å². The number of anilines is 1. The first-order valence-electron chi connectivity index (χ1n) is 9.53. The molecule has 1 aliphatic carbocycles. The molecule has 5 nitrogen and oxygen atoms in total. The number of nitrogens with one attached hydrogen (secondary N) is 1. The molecule has 0 saturated carbocycles.